The van der Waals surface area contributed by atoms with E-state index in [4.69, 9.17) is 0 Å². The second kappa shape index (κ2) is 3.62. The van der Waals surface area contributed by atoms with Crippen molar-refractivity contribution in [2.75, 3.05) is 20.1 Å². The van der Waals surface area contributed by atoms with Gasteiger partial charge in [0, 0.05) is 13.1 Å². The molecular formula is C7H11F3NO. The first-order chi connectivity index (χ1) is 5.47. The molecule has 1 fully saturated rings. The van der Waals surface area contributed by atoms with Gasteiger partial charge in [-0.1, -0.05) is 0 Å². The third-order valence-electron chi connectivity index (χ3n) is 1.69. The van der Waals surface area contributed by atoms with E-state index < -0.39 is 12.5 Å². The fourth-order valence-electron chi connectivity index (χ4n) is 1.25. The van der Waals surface area contributed by atoms with Crippen molar-refractivity contribution in [3.63, 3.8) is 0 Å². The fourth-order valence-corrected chi connectivity index (χ4v) is 1.25. The van der Waals surface area contributed by atoms with Gasteiger partial charge in [0.2, 0.25) is 0 Å². The summed E-state index contributed by atoms with van der Waals surface area (Å²) in [6.45, 7) is 1.08. The molecule has 1 radical (unpaired) electrons. The summed E-state index contributed by atoms with van der Waals surface area (Å²) in [5.74, 6) is 0. The van der Waals surface area contributed by atoms with Crippen LogP contribution in [-0.2, 0) is 4.74 Å². The molecule has 0 spiro atoms. The Kier molecular flexibility index (Phi) is 2.95. The van der Waals surface area contributed by atoms with Crippen LogP contribution in [0.5, 0.6) is 0 Å². The minimum Gasteiger partial charge on any atom is -0.303 e. The summed E-state index contributed by atoms with van der Waals surface area (Å²) in [4.78, 5) is 1.79. The molecule has 0 aromatic carbocycles. The second-order valence-corrected chi connectivity index (χ2v) is 2.93. The van der Waals surface area contributed by atoms with Crippen LogP contribution in [0.2, 0.25) is 0 Å². The van der Waals surface area contributed by atoms with Crippen LogP contribution >= 0.6 is 0 Å². The molecule has 0 saturated carbocycles. The smallest absolute Gasteiger partial charge is 0.303 e. The van der Waals surface area contributed by atoms with Crippen molar-refractivity contribution in [2.45, 2.75) is 18.9 Å². The highest BCUT2D eigenvalue weighted by Gasteiger charge is 2.34. The first-order valence-corrected chi connectivity index (χ1v) is 3.72. The van der Waals surface area contributed by atoms with Crippen LogP contribution in [0.1, 0.15) is 6.42 Å². The molecule has 2 nitrogen and oxygen atoms in total. The van der Waals surface area contributed by atoms with Crippen LogP contribution in [-0.4, -0.2) is 37.5 Å². The predicted octanol–water partition coefficient (Wildman–Crippen LogP) is 1.43. The number of rotatable bonds is 1. The maximum Gasteiger partial charge on any atom is 0.522 e. The summed E-state index contributed by atoms with van der Waals surface area (Å²) >= 11 is 0. The van der Waals surface area contributed by atoms with Gasteiger partial charge in [-0.2, -0.15) is 0 Å². The molecular weight excluding hydrogens is 171 g/mol. The molecule has 71 valence electrons. The van der Waals surface area contributed by atoms with E-state index in [9.17, 15) is 13.2 Å². The lowest BCUT2D eigenvalue weighted by Crippen LogP contribution is -2.39. The van der Waals surface area contributed by atoms with Crippen molar-refractivity contribution in [3.8, 4) is 0 Å². The SMILES string of the molecule is CN1C[CH]CC(OC(F)(F)F)C1. The van der Waals surface area contributed by atoms with Crippen LogP contribution in [0.15, 0.2) is 0 Å². The molecule has 1 atom stereocenters. The highest BCUT2D eigenvalue weighted by Crippen LogP contribution is 2.22. The zero-order chi connectivity index (χ0) is 9.19. The maximum atomic E-state index is 11.7. The Morgan fingerprint density at radius 2 is 2.17 bits per heavy atom. The average molecular weight is 182 g/mol. The Balaban J connectivity index is 2.32. The lowest BCUT2D eigenvalue weighted by Gasteiger charge is -2.29. The molecule has 0 N–H and O–H groups in total. The van der Waals surface area contributed by atoms with Crippen LogP contribution in [0.4, 0.5) is 13.2 Å². The largest absolute Gasteiger partial charge is 0.522 e. The van der Waals surface area contributed by atoms with Crippen molar-refractivity contribution in [1.29, 1.82) is 0 Å². The molecule has 1 aliphatic heterocycles. The van der Waals surface area contributed by atoms with Crippen LogP contribution in [0.25, 0.3) is 0 Å². The van der Waals surface area contributed by atoms with Gasteiger partial charge in [-0.05, 0) is 19.9 Å². The van der Waals surface area contributed by atoms with Crippen LogP contribution < -0.4 is 0 Å². The molecule has 12 heavy (non-hydrogen) atoms. The van der Waals surface area contributed by atoms with Crippen LogP contribution in [0, 0.1) is 6.42 Å². The van der Waals surface area contributed by atoms with E-state index in [0.717, 1.165) is 6.54 Å². The number of likely N-dealkylation sites (tertiary alicyclic amines) is 1. The molecule has 0 bridgehead atoms. The Morgan fingerprint density at radius 3 is 2.67 bits per heavy atom. The molecule has 1 rings (SSSR count). The summed E-state index contributed by atoms with van der Waals surface area (Å²) in [6, 6.07) is 0. The number of ether oxygens (including phenoxy) is 1. The van der Waals surface area contributed by atoms with E-state index in [0.29, 0.717) is 13.0 Å². The number of likely N-dealkylation sites (N-methyl/N-ethyl adjacent to an activating group) is 1. The summed E-state index contributed by atoms with van der Waals surface area (Å²) < 4.78 is 39.0. The van der Waals surface area contributed by atoms with Gasteiger partial charge < -0.3 is 4.90 Å². The molecule has 1 saturated heterocycles. The highest BCUT2D eigenvalue weighted by atomic mass is 19.4. The van der Waals surface area contributed by atoms with Gasteiger partial charge in [0.05, 0.1) is 6.10 Å². The summed E-state index contributed by atoms with van der Waals surface area (Å²) in [5, 5.41) is 0. The molecule has 0 aliphatic carbocycles. The Morgan fingerprint density at radius 1 is 1.50 bits per heavy atom. The monoisotopic (exact) mass is 182 g/mol. The van der Waals surface area contributed by atoms with E-state index in [-0.39, 0.29) is 0 Å². The molecule has 0 amide bonds. The van der Waals surface area contributed by atoms with Gasteiger partial charge in [-0.3, -0.25) is 4.74 Å². The van der Waals surface area contributed by atoms with E-state index in [1.54, 1.807) is 18.4 Å². The number of hydrogen-bond donors (Lipinski definition) is 0. The van der Waals surface area contributed by atoms with Crippen molar-refractivity contribution in [1.82, 2.24) is 4.90 Å². The highest BCUT2D eigenvalue weighted by molar-refractivity contribution is 4.82. The zero-order valence-corrected chi connectivity index (χ0v) is 6.77. The number of halogens is 3. The average Bonchev–Trinajstić information content (AvgIpc) is 1.82. The van der Waals surface area contributed by atoms with E-state index >= 15 is 0 Å². The Labute approximate surface area is 69.3 Å². The van der Waals surface area contributed by atoms with Crippen LogP contribution in [0.3, 0.4) is 0 Å². The lowest BCUT2D eigenvalue weighted by atomic mass is 10.1. The predicted molar refractivity (Wildman–Crippen MR) is 37.3 cm³/mol. The minimum absolute atomic E-state index is 0.343. The molecule has 1 aliphatic rings. The van der Waals surface area contributed by atoms with Gasteiger partial charge in [0.1, 0.15) is 0 Å². The van der Waals surface area contributed by atoms with E-state index in [1.165, 1.54) is 0 Å². The normalized spacial score (nSPS) is 27.5. The van der Waals surface area contributed by atoms with Gasteiger partial charge in [-0.25, -0.2) is 0 Å². The third kappa shape index (κ3) is 3.40. The topological polar surface area (TPSA) is 12.5 Å². The zero-order valence-electron chi connectivity index (χ0n) is 6.77. The van der Waals surface area contributed by atoms with E-state index in [1.807, 2.05) is 0 Å². The number of hydrogen-bond acceptors (Lipinski definition) is 2. The molecule has 0 aromatic heterocycles. The first kappa shape index (κ1) is 9.80. The quantitative estimate of drug-likeness (QED) is 0.608. The Hall–Kier alpha value is -0.290. The molecule has 1 unspecified atom stereocenters. The first-order valence-electron chi connectivity index (χ1n) is 3.72. The number of alkyl halides is 3. The molecule has 0 aromatic rings. The third-order valence-corrected chi connectivity index (χ3v) is 1.69. The summed E-state index contributed by atoms with van der Waals surface area (Å²) in [6.07, 6.45) is -3.07. The standard InChI is InChI=1S/C7H11F3NO/c1-11-4-2-3-6(5-11)12-7(8,9)10/h2,6H,3-5H2,1H3. The van der Waals surface area contributed by atoms with Gasteiger partial charge in [0.25, 0.3) is 0 Å². The van der Waals surface area contributed by atoms with Gasteiger partial charge in [-0.15, -0.1) is 13.2 Å². The molecule has 5 heteroatoms. The number of piperidine rings is 1. The van der Waals surface area contributed by atoms with E-state index in [2.05, 4.69) is 4.74 Å². The summed E-state index contributed by atoms with van der Waals surface area (Å²) in [5.41, 5.74) is 0. The van der Waals surface area contributed by atoms with Crippen molar-refractivity contribution in [3.05, 3.63) is 6.42 Å². The van der Waals surface area contributed by atoms with Crippen molar-refractivity contribution < 1.29 is 17.9 Å². The number of nitrogens with zero attached hydrogens (tertiary/aromatic N) is 1. The fraction of sp³-hybridized carbons (Fsp3) is 0.857. The molecule has 1 heterocycles. The van der Waals surface area contributed by atoms with Crippen molar-refractivity contribution >= 4 is 0 Å². The maximum absolute atomic E-state index is 11.7. The lowest BCUT2D eigenvalue weighted by molar-refractivity contribution is -0.344. The second-order valence-electron chi connectivity index (χ2n) is 2.93. The van der Waals surface area contributed by atoms with Gasteiger partial charge in [0.15, 0.2) is 0 Å². The Bertz CT molecular complexity index is 148. The van der Waals surface area contributed by atoms with Crippen molar-refractivity contribution in [2.24, 2.45) is 0 Å². The van der Waals surface area contributed by atoms with Gasteiger partial charge >= 0.3 is 6.36 Å². The summed E-state index contributed by atoms with van der Waals surface area (Å²) in [7, 11) is 1.77. The minimum atomic E-state index is -4.50.